The number of carbonyl (C=O) groups is 15. The first kappa shape index (κ1) is 74.7. The molecule has 0 saturated carbocycles. The van der Waals surface area contributed by atoms with Crippen molar-refractivity contribution >= 4 is 89.3 Å². The summed E-state index contributed by atoms with van der Waals surface area (Å²) in [5, 5.41) is 77.0. The van der Waals surface area contributed by atoms with E-state index in [1.807, 2.05) is 0 Å². The van der Waals surface area contributed by atoms with Crippen molar-refractivity contribution in [2.24, 2.45) is 17.6 Å². The van der Waals surface area contributed by atoms with Crippen molar-refractivity contribution in [2.75, 3.05) is 6.54 Å². The molecule has 1 aliphatic rings. The molecule has 3 rings (SSSR count). The minimum atomic E-state index is -1.80. The largest absolute Gasteiger partial charge is 0.508 e. The fourth-order valence-corrected chi connectivity index (χ4v) is 9.56. The van der Waals surface area contributed by atoms with E-state index in [1.54, 1.807) is 58.0 Å². The maximum atomic E-state index is 14.7. The number of amides is 9. The van der Waals surface area contributed by atoms with Crippen molar-refractivity contribution in [3.8, 4) is 5.75 Å². The van der Waals surface area contributed by atoms with Crippen LogP contribution in [0.4, 0.5) is 0 Å². The first-order chi connectivity index (χ1) is 42.4. The number of aldehydes is 1. The fraction of sp³-hybridized carbons (Fsp3) is 0.542. The summed E-state index contributed by atoms with van der Waals surface area (Å²) < 4.78 is 0. The van der Waals surface area contributed by atoms with Crippen molar-refractivity contribution in [3.63, 3.8) is 0 Å². The number of hydrogen-bond donors (Lipinski definition) is 15. The van der Waals surface area contributed by atoms with Crippen molar-refractivity contribution in [2.45, 2.75) is 184 Å². The van der Waals surface area contributed by atoms with Gasteiger partial charge in [0.25, 0.3) is 0 Å². The molecule has 11 atom stereocenters. The van der Waals surface area contributed by atoms with Gasteiger partial charge < -0.3 is 88.6 Å². The van der Waals surface area contributed by atoms with Crippen molar-refractivity contribution < 1.29 is 103 Å². The highest BCUT2D eigenvalue weighted by Crippen LogP contribution is 2.23. The van der Waals surface area contributed by atoms with Crippen LogP contribution in [0.25, 0.3) is 0 Å². The van der Waals surface area contributed by atoms with Crippen molar-refractivity contribution in [1.29, 1.82) is 0 Å². The Morgan fingerprint density at radius 3 is 1.36 bits per heavy atom. The molecule has 31 nitrogen and oxygen atoms in total. The Balaban J connectivity index is 1.93. The normalized spacial score (nSPS) is 16.1. The predicted octanol–water partition coefficient (Wildman–Crippen LogP) is -1.40. The number of aromatic hydroxyl groups is 1. The van der Waals surface area contributed by atoms with Crippen LogP contribution in [0.5, 0.6) is 5.75 Å². The first-order valence-electron chi connectivity index (χ1n) is 29.3. The van der Waals surface area contributed by atoms with Gasteiger partial charge in [0.2, 0.25) is 53.2 Å². The molecule has 494 valence electrons. The zero-order chi connectivity index (χ0) is 67.4. The summed E-state index contributed by atoms with van der Waals surface area (Å²) in [4.78, 5) is 198. The lowest BCUT2D eigenvalue weighted by atomic mass is 9.96. The van der Waals surface area contributed by atoms with Gasteiger partial charge in [0.1, 0.15) is 60.4 Å². The number of aliphatic carboxylic acids is 5. The summed E-state index contributed by atoms with van der Waals surface area (Å²) in [6, 6.07) is -2.00. The maximum Gasteiger partial charge on any atom is 0.305 e. The number of carbonyl (C=O) groups excluding carboxylic acids is 10. The number of rotatable bonds is 40. The Morgan fingerprint density at radius 1 is 0.533 bits per heavy atom. The molecule has 9 amide bonds. The number of carboxylic acids is 5. The van der Waals surface area contributed by atoms with Crippen LogP contribution in [0.2, 0.25) is 0 Å². The number of nitrogens with one attached hydrogen (secondary N) is 8. The number of nitrogens with two attached hydrogens (primary N) is 1. The van der Waals surface area contributed by atoms with Gasteiger partial charge in [-0.1, -0.05) is 76.6 Å². The molecule has 0 spiro atoms. The van der Waals surface area contributed by atoms with E-state index in [1.165, 1.54) is 24.3 Å². The maximum absolute atomic E-state index is 14.7. The quantitative estimate of drug-likeness (QED) is 0.0341. The molecule has 1 heterocycles. The predicted molar refractivity (Wildman–Crippen MR) is 315 cm³/mol. The van der Waals surface area contributed by atoms with Crippen LogP contribution >= 0.6 is 0 Å². The molecule has 31 heteroatoms. The van der Waals surface area contributed by atoms with Crippen LogP contribution in [-0.2, 0) is 84.8 Å². The van der Waals surface area contributed by atoms with Gasteiger partial charge in [0.05, 0.1) is 18.5 Å². The minimum absolute atomic E-state index is 0.0475. The molecule has 0 radical (unpaired) electrons. The van der Waals surface area contributed by atoms with E-state index >= 15 is 0 Å². The van der Waals surface area contributed by atoms with Gasteiger partial charge in [0.15, 0.2) is 0 Å². The molecule has 0 bridgehead atoms. The Morgan fingerprint density at radius 2 is 0.933 bits per heavy atom. The van der Waals surface area contributed by atoms with Crippen molar-refractivity contribution in [1.82, 2.24) is 47.4 Å². The lowest BCUT2D eigenvalue weighted by molar-refractivity contribution is -0.144. The first-order valence-corrected chi connectivity index (χ1v) is 29.3. The highest BCUT2D eigenvalue weighted by molar-refractivity contribution is 5.99. The summed E-state index contributed by atoms with van der Waals surface area (Å²) in [5.41, 5.74) is 6.65. The number of benzene rings is 2. The third-order valence-corrected chi connectivity index (χ3v) is 14.6. The number of phenols is 1. The second-order valence-electron chi connectivity index (χ2n) is 22.3. The van der Waals surface area contributed by atoms with Crippen LogP contribution in [0, 0.1) is 11.8 Å². The summed E-state index contributed by atoms with van der Waals surface area (Å²) >= 11 is 0. The van der Waals surface area contributed by atoms with E-state index in [9.17, 15) is 103 Å². The third-order valence-electron chi connectivity index (χ3n) is 14.6. The van der Waals surface area contributed by atoms with Gasteiger partial charge in [0, 0.05) is 45.1 Å². The SMILES string of the molecule is CC[C@H](C)[C@H](NC(=O)[C@H](CCC(=O)O)NC(=O)[C@H](CCC(=O)O)NC(=O)[C@H](Cc1ccccc1)NC(=O)[C@@H](N)CC(=O)O)C(=O)N1CCC[C@H]1C(=O)N[C@@H](CCC(=O)O)C(=O)N[C@@H](CCC(=O)O)C(=O)N[C@@H](Cc1ccc(O)cc1)C(=O)N[C@H](C=O)CC(C)C. The summed E-state index contributed by atoms with van der Waals surface area (Å²) in [6.45, 7) is 6.69. The molecule has 1 fully saturated rings. The zero-order valence-corrected chi connectivity index (χ0v) is 50.3. The second-order valence-corrected chi connectivity index (χ2v) is 22.3. The van der Waals surface area contributed by atoms with Crippen LogP contribution < -0.4 is 48.3 Å². The Hall–Kier alpha value is -9.55. The molecule has 0 aromatic heterocycles. The topological polar surface area (TPSA) is 503 Å². The third kappa shape index (κ3) is 26.0. The molecule has 16 N–H and O–H groups in total. The lowest BCUT2D eigenvalue weighted by Crippen LogP contribution is -2.61. The van der Waals surface area contributed by atoms with Crippen LogP contribution in [0.3, 0.4) is 0 Å². The lowest BCUT2D eigenvalue weighted by Gasteiger charge is -2.33. The number of likely N-dealkylation sites (tertiary alicyclic amines) is 1. The molecule has 0 aliphatic carbocycles. The van der Waals surface area contributed by atoms with E-state index in [0.717, 1.165) is 4.90 Å². The minimum Gasteiger partial charge on any atom is -0.508 e. The molecule has 2 aromatic rings. The average molecular weight is 1270 g/mol. The standard InChI is InChI=1S/C59H82N10O21/c1-5-32(4)50(68-55(86)41(20-24-48(78)79)63-52(83)38(17-21-45(72)73)64-57(88)43(27-33-10-7-6-8-11-33)66-51(82)37(60)29-49(80)81)59(90)69-25-9-12-44(69)58(89)65-40(19-23-47(76)77)53(84)62-39(18-22-46(74)75)54(85)67-42(28-34-13-15-36(71)16-14-34)56(87)61-35(30-70)26-31(2)3/h6-8,10-11,13-16,30-32,35,37-44,50,71H,5,9,12,17-29,60H2,1-4H3,(H,61,87)(H,62,84)(H,63,83)(H,64,88)(H,65,89)(H,66,82)(H,67,85)(H,68,86)(H,72,73)(H,74,75)(H,76,77)(H,78,79)(H,80,81)/t32-,35-,37-,38-,39-,40-,41-,42-,43-,44-,50-/m0/s1. The highest BCUT2D eigenvalue weighted by atomic mass is 16.4. The molecule has 1 aliphatic heterocycles. The van der Waals surface area contributed by atoms with E-state index in [2.05, 4.69) is 42.5 Å². The van der Waals surface area contributed by atoms with Gasteiger partial charge >= 0.3 is 29.8 Å². The molecule has 2 aromatic carbocycles. The molecule has 1 saturated heterocycles. The molecule has 90 heavy (non-hydrogen) atoms. The van der Waals surface area contributed by atoms with Crippen LogP contribution in [0.15, 0.2) is 54.6 Å². The smallest absolute Gasteiger partial charge is 0.305 e. The summed E-state index contributed by atoms with van der Waals surface area (Å²) in [5.74, 6) is -17.5. The molecular formula is C59H82N10O21. The van der Waals surface area contributed by atoms with E-state index < -0.39 is 207 Å². The van der Waals surface area contributed by atoms with Gasteiger partial charge in [-0.05, 0) is 80.0 Å². The summed E-state index contributed by atoms with van der Waals surface area (Å²) in [6.07, 6.45) is -5.67. The Bertz CT molecular complexity index is 2880. The molecular weight excluding hydrogens is 1180 g/mol. The van der Waals surface area contributed by atoms with Gasteiger partial charge in [-0.15, -0.1) is 0 Å². The van der Waals surface area contributed by atoms with Gasteiger partial charge in [-0.2, -0.15) is 0 Å². The van der Waals surface area contributed by atoms with E-state index in [0.29, 0.717) is 17.4 Å². The van der Waals surface area contributed by atoms with Gasteiger partial charge in [-0.3, -0.25) is 67.1 Å². The van der Waals surface area contributed by atoms with Crippen molar-refractivity contribution in [3.05, 3.63) is 65.7 Å². The van der Waals surface area contributed by atoms with Crippen LogP contribution in [-0.4, -0.2) is 192 Å². The molecule has 0 unspecified atom stereocenters. The Kier molecular flexibility index (Phi) is 31.0. The van der Waals surface area contributed by atoms with E-state index in [-0.39, 0.29) is 56.7 Å². The highest BCUT2D eigenvalue weighted by Gasteiger charge is 2.42. The number of phenolic OH excluding ortho intramolecular Hbond substituents is 1. The Labute approximate surface area is 517 Å². The number of nitrogens with zero attached hydrogens (tertiary/aromatic N) is 1. The van der Waals surface area contributed by atoms with E-state index in [4.69, 9.17) is 5.73 Å². The average Bonchev–Trinajstić information content (AvgIpc) is 1.67. The summed E-state index contributed by atoms with van der Waals surface area (Å²) in [7, 11) is 0. The number of hydrogen-bond acceptors (Lipinski definition) is 17. The van der Waals surface area contributed by atoms with Gasteiger partial charge in [-0.25, -0.2) is 0 Å². The fourth-order valence-electron chi connectivity index (χ4n) is 9.56. The number of carboxylic acid groups (broad SMARTS) is 5. The van der Waals surface area contributed by atoms with Crippen LogP contribution in [0.1, 0.15) is 122 Å². The zero-order valence-electron chi connectivity index (χ0n) is 50.3. The monoisotopic (exact) mass is 1270 g/mol. The second kappa shape index (κ2) is 37.3.